The molecule has 2 heterocycles. The van der Waals surface area contributed by atoms with E-state index in [0.717, 1.165) is 29.1 Å². The summed E-state index contributed by atoms with van der Waals surface area (Å²) in [5.41, 5.74) is 3.88. The Labute approximate surface area is 107 Å². The van der Waals surface area contributed by atoms with Crippen molar-refractivity contribution >= 4 is 0 Å². The first-order valence-electron chi connectivity index (χ1n) is 6.21. The van der Waals surface area contributed by atoms with E-state index in [2.05, 4.69) is 10.2 Å². The summed E-state index contributed by atoms with van der Waals surface area (Å²) in [6, 6.07) is 2.01. The van der Waals surface area contributed by atoms with E-state index in [0.29, 0.717) is 6.42 Å². The van der Waals surface area contributed by atoms with Crippen LogP contribution in [0.5, 0.6) is 0 Å². The lowest BCUT2D eigenvalue weighted by atomic mass is 10.0. The number of aliphatic hydroxyl groups excluding tert-OH is 1. The summed E-state index contributed by atoms with van der Waals surface area (Å²) in [4.78, 5) is 0. The standard InChI is InChI=1S/C13H20N4O/c1-5-12-11(8-16(3)15-12)13(18)7-10-6-9(2)14-17(10)4/h6,8,13,18H,5,7H2,1-4H3. The van der Waals surface area contributed by atoms with Crippen LogP contribution >= 0.6 is 0 Å². The van der Waals surface area contributed by atoms with Crippen molar-refractivity contribution in [3.63, 3.8) is 0 Å². The highest BCUT2D eigenvalue weighted by atomic mass is 16.3. The molecule has 0 saturated carbocycles. The van der Waals surface area contributed by atoms with E-state index < -0.39 is 6.10 Å². The Morgan fingerprint density at radius 3 is 2.61 bits per heavy atom. The van der Waals surface area contributed by atoms with Crippen LogP contribution < -0.4 is 0 Å². The van der Waals surface area contributed by atoms with Gasteiger partial charge in [-0.05, 0) is 19.4 Å². The molecular weight excluding hydrogens is 228 g/mol. The third-order valence-electron chi connectivity index (χ3n) is 3.13. The Morgan fingerprint density at radius 1 is 1.33 bits per heavy atom. The number of hydrogen-bond donors (Lipinski definition) is 1. The second-order valence-corrected chi connectivity index (χ2v) is 4.68. The van der Waals surface area contributed by atoms with Crippen molar-refractivity contribution in [2.75, 3.05) is 0 Å². The SMILES string of the molecule is CCc1nn(C)cc1C(O)Cc1cc(C)nn1C. The van der Waals surface area contributed by atoms with Crippen molar-refractivity contribution in [1.82, 2.24) is 19.6 Å². The maximum atomic E-state index is 10.3. The average Bonchev–Trinajstić information content (AvgIpc) is 2.82. The van der Waals surface area contributed by atoms with Crippen LogP contribution in [0.3, 0.4) is 0 Å². The predicted octanol–water partition coefficient (Wildman–Crippen LogP) is 1.30. The smallest absolute Gasteiger partial charge is 0.0878 e. The van der Waals surface area contributed by atoms with Gasteiger partial charge in [0.1, 0.15) is 0 Å². The molecule has 0 spiro atoms. The lowest BCUT2D eigenvalue weighted by Gasteiger charge is -2.10. The fourth-order valence-electron chi connectivity index (χ4n) is 2.27. The second kappa shape index (κ2) is 4.94. The molecule has 0 fully saturated rings. The van der Waals surface area contributed by atoms with Gasteiger partial charge in [-0.25, -0.2) is 0 Å². The maximum absolute atomic E-state index is 10.3. The number of nitrogens with zero attached hydrogens (tertiary/aromatic N) is 4. The van der Waals surface area contributed by atoms with Crippen LogP contribution in [-0.2, 0) is 26.9 Å². The minimum absolute atomic E-state index is 0.525. The van der Waals surface area contributed by atoms with Gasteiger partial charge < -0.3 is 5.11 Å². The lowest BCUT2D eigenvalue weighted by molar-refractivity contribution is 0.174. The molecule has 2 aromatic rings. The summed E-state index contributed by atoms with van der Waals surface area (Å²) >= 11 is 0. The number of rotatable bonds is 4. The molecule has 0 amide bonds. The van der Waals surface area contributed by atoms with Crippen LogP contribution in [0.25, 0.3) is 0 Å². The van der Waals surface area contributed by atoms with Crippen molar-refractivity contribution in [3.8, 4) is 0 Å². The molecule has 0 aromatic carbocycles. The fraction of sp³-hybridized carbons (Fsp3) is 0.538. The van der Waals surface area contributed by atoms with Crippen LogP contribution in [0.2, 0.25) is 0 Å². The summed E-state index contributed by atoms with van der Waals surface area (Å²) < 4.78 is 3.58. The molecule has 18 heavy (non-hydrogen) atoms. The Balaban J connectivity index is 2.21. The molecule has 0 bridgehead atoms. The van der Waals surface area contributed by atoms with Crippen molar-refractivity contribution in [2.45, 2.75) is 32.8 Å². The van der Waals surface area contributed by atoms with Gasteiger partial charge >= 0.3 is 0 Å². The molecule has 0 aliphatic carbocycles. The molecule has 0 aliphatic rings. The number of aromatic nitrogens is 4. The number of hydrogen-bond acceptors (Lipinski definition) is 3. The summed E-state index contributed by atoms with van der Waals surface area (Å²) in [7, 11) is 3.78. The van der Waals surface area contributed by atoms with Gasteiger partial charge in [0.05, 0.1) is 17.5 Å². The van der Waals surface area contributed by atoms with Crippen LogP contribution in [-0.4, -0.2) is 24.7 Å². The molecule has 0 aliphatic heterocycles. The van der Waals surface area contributed by atoms with Gasteiger partial charge in [0.2, 0.25) is 0 Å². The van der Waals surface area contributed by atoms with E-state index in [1.54, 1.807) is 4.68 Å². The van der Waals surface area contributed by atoms with E-state index in [-0.39, 0.29) is 0 Å². The van der Waals surface area contributed by atoms with Crippen LogP contribution in [0.15, 0.2) is 12.3 Å². The Bertz CT molecular complexity index is 541. The Morgan fingerprint density at radius 2 is 2.06 bits per heavy atom. The van der Waals surface area contributed by atoms with Gasteiger partial charge in [0.25, 0.3) is 0 Å². The first-order chi connectivity index (χ1) is 8.51. The van der Waals surface area contributed by atoms with Crippen LogP contribution in [0.1, 0.15) is 35.7 Å². The highest BCUT2D eigenvalue weighted by Crippen LogP contribution is 2.21. The van der Waals surface area contributed by atoms with E-state index in [1.807, 2.05) is 44.9 Å². The first-order valence-corrected chi connectivity index (χ1v) is 6.21. The highest BCUT2D eigenvalue weighted by molar-refractivity contribution is 5.22. The van der Waals surface area contributed by atoms with Crippen LogP contribution in [0, 0.1) is 6.92 Å². The fourth-order valence-corrected chi connectivity index (χ4v) is 2.27. The highest BCUT2D eigenvalue weighted by Gasteiger charge is 2.17. The first kappa shape index (κ1) is 12.8. The second-order valence-electron chi connectivity index (χ2n) is 4.68. The zero-order valence-corrected chi connectivity index (χ0v) is 11.4. The predicted molar refractivity (Wildman–Crippen MR) is 69.2 cm³/mol. The molecule has 5 heteroatoms. The van der Waals surface area contributed by atoms with Gasteiger partial charge in [-0.2, -0.15) is 10.2 Å². The minimum Gasteiger partial charge on any atom is -0.388 e. The van der Waals surface area contributed by atoms with Gasteiger partial charge in [0.15, 0.2) is 0 Å². The Hall–Kier alpha value is -1.62. The molecule has 2 rings (SSSR count). The molecule has 98 valence electrons. The Kier molecular flexibility index (Phi) is 3.52. The largest absolute Gasteiger partial charge is 0.388 e. The van der Waals surface area contributed by atoms with Gasteiger partial charge in [-0.1, -0.05) is 6.92 Å². The molecule has 0 saturated heterocycles. The maximum Gasteiger partial charge on any atom is 0.0878 e. The zero-order valence-electron chi connectivity index (χ0n) is 11.4. The van der Waals surface area contributed by atoms with Crippen molar-refractivity contribution in [2.24, 2.45) is 14.1 Å². The molecule has 1 N–H and O–H groups in total. The summed E-state index contributed by atoms with van der Waals surface area (Å²) in [5, 5.41) is 19.0. The molecule has 1 atom stereocenters. The molecular formula is C13H20N4O. The van der Waals surface area contributed by atoms with E-state index in [4.69, 9.17) is 0 Å². The lowest BCUT2D eigenvalue weighted by Crippen LogP contribution is -2.07. The summed E-state index contributed by atoms with van der Waals surface area (Å²) in [5.74, 6) is 0. The minimum atomic E-state index is -0.525. The summed E-state index contributed by atoms with van der Waals surface area (Å²) in [6.07, 6.45) is 2.77. The quantitative estimate of drug-likeness (QED) is 0.887. The van der Waals surface area contributed by atoms with Crippen molar-refractivity contribution in [3.05, 3.63) is 34.9 Å². The van der Waals surface area contributed by atoms with Crippen molar-refractivity contribution in [1.29, 1.82) is 0 Å². The monoisotopic (exact) mass is 248 g/mol. The third kappa shape index (κ3) is 2.46. The number of aliphatic hydroxyl groups is 1. The van der Waals surface area contributed by atoms with Crippen molar-refractivity contribution < 1.29 is 5.11 Å². The van der Waals surface area contributed by atoms with Gasteiger partial charge in [0, 0.05) is 38.0 Å². The molecule has 5 nitrogen and oxygen atoms in total. The van der Waals surface area contributed by atoms with Crippen LogP contribution in [0.4, 0.5) is 0 Å². The van der Waals surface area contributed by atoms with Gasteiger partial charge in [-0.15, -0.1) is 0 Å². The zero-order chi connectivity index (χ0) is 13.3. The number of aryl methyl sites for hydroxylation is 4. The molecule has 2 aromatic heterocycles. The van der Waals surface area contributed by atoms with Gasteiger partial charge in [-0.3, -0.25) is 9.36 Å². The topological polar surface area (TPSA) is 55.9 Å². The van der Waals surface area contributed by atoms with E-state index in [1.165, 1.54) is 0 Å². The molecule has 1 unspecified atom stereocenters. The third-order valence-corrected chi connectivity index (χ3v) is 3.13. The average molecular weight is 248 g/mol. The van der Waals surface area contributed by atoms with E-state index >= 15 is 0 Å². The normalized spacial score (nSPS) is 12.9. The van der Waals surface area contributed by atoms with E-state index in [9.17, 15) is 5.11 Å². The summed E-state index contributed by atoms with van der Waals surface area (Å²) in [6.45, 7) is 4.00. The molecule has 0 radical (unpaired) electrons.